The molecule has 1 saturated heterocycles. The zero-order chi connectivity index (χ0) is 17.0. The van der Waals surface area contributed by atoms with E-state index in [4.69, 9.17) is 0 Å². The number of fused-ring (bicyclic) bond motifs is 5. The topological polar surface area (TPSA) is 52.8 Å². The quantitative estimate of drug-likeness (QED) is 0.900. The van der Waals surface area contributed by atoms with Crippen LogP contribution in [0.3, 0.4) is 0 Å². The van der Waals surface area contributed by atoms with Gasteiger partial charge in [0.15, 0.2) is 0 Å². The average molecular weight is 338 g/mol. The molecule has 0 amide bonds. The molecular formula is C20H26N4O. The highest BCUT2D eigenvalue weighted by Gasteiger charge is 2.35. The molecule has 5 nitrogen and oxygen atoms in total. The smallest absolute Gasteiger partial charge is 0.129 e. The first-order valence-corrected chi connectivity index (χ1v) is 9.54. The van der Waals surface area contributed by atoms with Crippen LogP contribution in [-0.2, 0) is 13.0 Å². The van der Waals surface area contributed by atoms with Gasteiger partial charge in [-0.2, -0.15) is 0 Å². The normalized spacial score (nSPS) is 24.1. The summed E-state index contributed by atoms with van der Waals surface area (Å²) >= 11 is 0. The van der Waals surface area contributed by atoms with E-state index in [1.54, 1.807) is 0 Å². The summed E-state index contributed by atoms with van der Waals surface area (Å²) in [7, 11) is 0. The van der Waals surface area contributed by atoms with E-state index >= 15 is 0 Å². The molecule has 0 aliphatic carbocycles. The first kappa shape index (κ1) is 15.4. The second kappa shape index (κ2) is 5.85. The fraction of sp³-hybridized carbons (Fsp3) is 0.550. The number of amidine groups is 1. The van der Waals surface area contributed by atoms with Crippen LogP contribution in [0.4, 0.5) is 0 Å². The second-order valence-corrected chi connectivity index (χ2v) is 7.65. The molecule has 2 atom stereocenters. The number of aromatic nitrogens is 1. The van der Waals surface area contributed by atoms with Crippen molar-refractivity contribution in [3.05, 3.63) is 35.0 Å². The highest BCUT2D eigenvalue weighted by atomic mass is 16.3. The lowest BCUT2D eigenvalue weighted by atomic mass is 9.95. The highest BCUT2D eigenvalue weighted by molar-refractivity contribution is 5.89. The minimum atomic E-state index is -0.551. The van der Waals surface area contributed by atoms with Gasteiger partial charge in [-0.1, -0.05) is 11.6 Å². The van der Waals surface area contributed by atoms with Gasteiger partial charge in [-0.15, -0.1) is 0 Å². The lowest BCUT2D eigenvalue weighted by molar-refractivity contribution is 0.210. The lowest BCUT2D eigenvalue weighted by Crippen LogP contribution is -2.36. The van der Waals surface area contributed by atoms with Crippen molar-refractivity contribution in [2.24, 2.45) is 4.99 Å². The number of aliphatic imine (C=N–C) groups is 1. The van der Waals surface area contributed by atoms with E-state index in [0.29, 0.717) is 12.6 Å². The molecular weight excluding hydrogens is 312 g/mol. The first-order chi connectivity index (χ1) is 12.2. The van der Waals surface area contributed by atoms with Gasteiger partial charge in [-0.25, -0.2) is 0 Å². The standard InChI is InChI=1S/C20H26N4O/c1-13-4-5-15-14(11-13)19-16-3-2-9-23(16)10-6-17(19)24(15)12-18(25)20-21-7-8-22-20/h4-5,11,16,18,25H,2-3,6-10,12H2,1H3,(H,21,22). The second-order valence-electron chi connectivity index (χ2n) is 7.65. The Morgan fingerprint density at radius 3 is 3.12 bits per heavy atom. The summed E-state index contributed by atoms with van der Waals surface area (Å²) in [6.45, 7) is 6.74. The molecule has 3 aliphatic heterocycles. The van der Waals surface area contributed by atoms with Crippen LogP contribution >= 0.6 is 0 Å². The van der Waals surface area contributed by atoms with Gasteiger partial charge in [0.2, 0.25) is 0 Å². The molecule has 5 heteroatoms. The Labute approximate surface area is 148 Å². The van der Waals surface area contributed by atoms with Gasteiger partial charge in [0.05, 0.1) is 13.1 Å². The number of hydrogen-bond acceptors (Lipinski definition) is 4. The molecule has 4 heterocycles. The molecule has 2 N–H and O–H groups in total. The van der Waals surface area contributed by atoms with Gasteiger partial charge in [0, 0.05) is 42.1 Å². The zero-order valence-corrected chi connectivity index (χ0v) is 14.8. The maximum absolute atomic E-state index is 10.7. The predicted octanol–water partition coefficient (Wildman–Crippen LogP) is 2.01. The Morgan fingerprint density at radius 1 is 1.36 bits per heavy atom. The summed E-state index contributed by atoms with van der Waals surface area (Å²) < 4.78 is 2.37. The maximum Gasteiger partial charge on any atom is 0.129 e. The SMILES string of the molecule is Cc1ccc2c(c1)c1c(n2CC(O)C2=NCCN2)CCN2CCCC12. The predicted molar refractivity (Wildman–Crippen MR) is 100 cm³/mol. The van der Waals surface area contributed by atoms with E-state index in [1.807, 2.05) is 0 Å². The van der Waals surface area contributed by atoms with E-state index in [-0.39, 0.29) is 0 Å². The number of benzene rings is 1. The molecule has 0 bridgehead atoms. The molecule has 0 spiro atoms. The third kappa shape index (κ3) is 2.41. The van der Waals surface area contributed by atoms with Gasteiger partial charge in [0.25, 0.3) is 0 Å². The summed E-state index contributed by atoms with van der Waals surface area (Å²) in [6, 6.07) is 7.32. The van der Waals surface area contributed by atoms with Crippen molar-refractivity contribution in [3.63, 3.8) is 0 Å². The van der Waals surface area contributed by atoms with E-state index in [1.165, 1.54) is 47.1 Å². The lowest BCUT2D eigenvalue weighted by Gasteiger charge is -2.31. The Morgan fingerprint density at radius 2 is 2.28 bits per heavy atom. The third-order valence-electron chi connectivity index (χ3n) is 6.07. The molecule has 2 unspecified atom stereocenters. The summed E-state index contributed by atoms with van der Waals surface area (Å²) in [5.74, 6) is 0.751. The van der Waals surface area contributed by atoms with Crippen molar-refractivity contribution < 1.29 is 5.11 Å². The van der Waals surface area contributed by atoms with Gasteiger partial charge in [-0.05, 0) is 44.0 Å². The molecule has 1 aromatic heterocycles. The van der Waals surface area contributed by atoms with Crippen LogP contribution < -0.4 is 5.32 Å². The van der Waals surface area contributed by atoms with Crippen molar-refractivity contribution in [1.82, 2.24) is 14.8 Å². The van der Waals surface area contributed by atoms with Crippen molar-refractivity contribution >= 4 is 16.7 Å². The number of aliphatic hydroxyl groups is 1. The van der Waals surface area contributed by atoms with Crippen LogP contribution in [0.5, 0.6) is 0 Å². The summed E-state index contributed by atoms with van der Waals surface area (Å²) in [5, 5.41) is 15.3. The zero-order valence-electron chi connectivity index (χ0n) is 14.8. The van der Waals surface area contributed by atoms with E-state index in [2.05, 4.69) is 44.9 Å². The summed E-state index contributed by atoms with van der Waals surface area (Å²) in [6.07, 6.45) is 3.08. The molecule has 1 aromatic carbocycles. The van der Waals surface area contributed by atoms with Gasteiger partial charge in [0.1, 0.15) is 11.9 Å². The van der Waals surface area contributed by atoms with Crippen molar-refractivity contribution in [1.29, 1.82) is 0 Å². The summed E-state index contributed by atoms with van der Waals surface area (Å²) in [5.41, 5.74) is 5.53. The van der Waals surface area contributed by atoms with Crippen LogP contribution in [0, 0.1) is 6.92 Å². The summed E-state index contributed by atoms with van der Waals surface area (Å²) in [4.78, 5) is 7.06. The number of aryl methyl sites for hydroxylation is 1. The Balaban J connectivity index is 1.63. The van der Waals surface area contributed by atoms with Crippen LogP contribution in [0.15, 0.2) is 23.2 Å². The maximum atomic E-state index is 10.7. The fourth-order valence-corrected chi connectivity index (χ4v) is 4.97. The highest BCUT2D eigenvalue weighted by Crippen LogP contribution is 2.43. The molecule has 0 radical (unpaired) electrons. The van der Waals surface area contributed by atoms with Crippen molar-refractivity contribution in [2.45, 2.75) is 44.9 Å². The van der Waals surface area contributed by atoms with Crippen molar-refractivity contribution in [3.8, 4) is 0 Å². The van der Waals surface area contributed by atoms with Gasteiger partial charge < -0.3 is 15.0 Å². The van der Waals surface area contributed by atoms with Crippen LogP contribution in [-0.4, -0.2) is 52.7 Å². The molecule has 1 fully saturated rings. The Bertz CT molecular complexity index is 853. The van der Waals surface area contributed by atoms with Crippen molar-refractivity contribution in [2.75, 3.05) is 26.2 Å². The van der Waals surface area contributed by atoms with Crippen LogP contribution in [0.2, 0.25) is 0 Å². The van der Waals surface area contributed by atoms with E-state index in [9.17, 15) is 5.11 Å². The fourth-order valence-electron chi connectivity index (χ4n) is 4.97. The molecule has 132 valence electrons. The Hall–Kier alpha value is -1.85. The monoisotopic (exact) mass is 338 g/mol. The average Bonchev–Trinajstić information content (AvgIpc) is 3.33. The number of nitrogens with zero attached hydrogens (tertiary/aromatic N) is 3. The van der Waals surface area contributed by atoms with Gasteiger partial charge in [-0.3, -0.25) is 9.89 Å². The molecule has 2 aromatic rings. The van der Waals surface area contributed by atoms with E-state index in [0.717, 1.165) is 31.9 Å². The number of hydrogen-bond donors (Lipinski definition) is 2. The molecule has 3 aliphatic rings. The number of aliphatic hydroxyl groups excluding tert-OH is 1. The number of rotatable bonds is 3. The van der Waals surface area contributed by atoms with Gasteiger partial charge >= 0.3 is 0 Å². The third-order valence-corrected chi connectivity index (χ3v) is 6.07. The minimum absolute atomic E-state index is 0.551. The van der Waals surface area contributed by atoms with E-state index < -0.39 is 6.10 Å². The van der Waals surface area contributed by atoms with Crippen LogP contribution in [0.1, 0.15) is 35.7 Å². The largest absolute Gasteiger partial charge is 0.383 e. The molecule has 0 saturated carbocycles. The minimum Gasteiger partial charge on any atom is -0.383 e. The first-order valence-electron chi connectivity index (χ1n) is 9.54. The number of nitrogens with one attached hydrogen (secondary N) is 1. The Kier molecular flexibility index (Phi) is 3.61. The molecule has 5 rings (SSSR count). The van der Waals surface area contributed by atoms with Crippen LogP contribution in [0.25, 0.3) is 10.9 Å². The molecule has 25 heavy (non-hydrogen) atoms.